The van der Waals surface area contributed by atoms with E-state index in [-0.39, 0.29) is 27.1 Å². The van der Waals surface area contributed by atoms with Crippen molar-refractivity contribution in [1.29, 1.82) is 0 Å². The molecule has 2 rings (SSSR count). The first kappa shape index (κ1) is 16.1. The fraction of sp³-hybridized carbons (Fsp3) is 0.0769. The number of carbonyl (C=O) groups is 2. The van der Waals surface area contributed by atoms with Gasteiger partial charge >= 0.3 is 12.3 Å². The molecule has 116 valence electrons. The van der Waals surface area contributed by atoms with Crippen molar-refractivity contribution >= 4 is 28.2 Å². The van der Waals surface area contributed by atoms with Gasteiger partial charge in [0, 0.05) is 0 Å². The maximum absolute atomic E-state index is 12.5. The van der Waals surface area contributed by atoms with Crippen molar-refractivity contribution in [3.63, 3.8) is 0 Å². The van der Waals surface area contributed by atoms with Gasteiger partial charge in [0.15, 0.2) is 17.8 Å². The number of carboxylic acids is 1. The van der Waals surface area contributed by atoms with Crippen LogP contribution in [0.5, 0.6) is 5.75 Å². The van der Waals surface area contributed by atoms with Crippen molar-refractivity contribution < 1.29 is 37.0 Å². The second-order valence-corrected chi connectivity index (χ2v) is 4.86. The van der Waals surface area contributed by atoms with Crippen molar-refractivity contribution in [2.75, 3.05) is 0 Å². The van der Waals surface area contributed by atoms with Gasteiger partial charge in [0.1, 0.15) is 5.76 Å². The lowest BCUT2D eigenvalue weighted by Crippen LogP contribution is -2.18. The molecule has 0 aliphatic rings. The molecule has 0 aliphatic heterocycles. The zero-order chi connectivity index (χ0) is 16.5. The third kappa shape index (κ3) is 3.48. The normalized spacial score (nSPS) is 11.3. The Labute approximate surface area is 129 Å². The quantitative estimate of drug-likeness (QED) is 0.809. The molecule has 9 heteroatoms. The second kappa shape index (κ2) is 5.84. The maximum Gasteiger partial charge on any atom is 0.573 e. The molecular formula is C13H6BrF3O5. The summed E-state index contributed by atoms with van der Waals surface area (Å²) in [5.74, 6) is -2.26. The van der Waals surface area contributed by atoms with E-state index in [9.17, 15) is 22.8 Å². The number of carboxylic acid groups (broad SMARTS) is 1. The van der Waals surface area contributed by atoms with Crippen molar-refractivity contribution in [3.05, 3.63) is 40.1 Å². The zero-order valence-corrected chi connectivity index (χ0v) is 12.1. The first-order valence-electron chi connectivity index (χ1n) is 5.59. The summed E-state index contributed by atoms with van der Waals surface area (Å²) >= 11 is 2.84. The van der Waals surface area contributed by atoms with Gasteiger partial charge in [-0.05, 0) is 40.2 Å². The van der Waals surface area contributed by atoms with Gasteiger partial charge in [0.05, 0.1) is 15.6 Å². The Bertz CT molecular complexity index is 736. The highest BCUT2D eigenvalue weighted by Crippen LogP contribution is 2.41. The van der Waals surface area contributed by atoms with Gasteiger partial charge in [-0.1, -0.05) is 0 Å². The van der Waals surface area contributed by atoms with Crippen LogP contribution in [0.25, 0.3) is 11.3 Å². The average Bonchev–Trinajstić information content (AvgIpc) is 2.87. The molecule has 0 saturated carbocycles. The molecule has 0 saturated heterocycles. The lowest BCUT2D eigenvalue weighted by molar-refractivity contribution is -0.274. The second-order valence-electron chi connectivity index (χ2n) is 4.01. The molecule has 0 aliphatic carbocycles. The lowest BCUT2D eigenvalue weighted by atomic mass is 10.1. The molecule has 5 nitrogen and oxygen atoms in total. The van der Waals surface area contributed by atoms with E-state index in [1.807, 2.05) is 0 Å². The number of carbonyl (C=O) groups excluding carboxylic acids is 1. The van der Waals surface area contributed by atoms with Crippen LogP contribution in [0.3, 0.4) is 0 Å². The SMILES string of the molecule is O=Cc1ccc(-c2cc(C(=O)O)cc(Br)c2OC(F)(F)F)o1. The Kier molecular flexibility index (Phi) is 4.27. The van der Waals surface area contributed by atoms with Crippen LogP contribution >= 0.6 is 15.9 Å². The topological polar surface area (TPSA) is 76.7 Å². The highest BCUT2D eigenvalue weighted by atomic mass is 79.9. The van der Waals surface area contributed by atoms with E-state index in [1.165, 1.54) is 12.1 Å². The highest BCUT2D eigenvalue weighted by molar-refractivity contribution is 9.10. The van der Waals surface area contributed by atoms with Crippen LogP contribution in [-0.4, -0.2) is 23.7 Å². The molecule has 1 aromatic heterocycles. The Morgan fingerprint density at radius 3 is 2.50 bits per heavy atom. The van der Waals surface area contributed by atoms with E-state index in [0.29, 0.717) is 6.29 Å². The van der Waals surface area contributed by atoms with Crippen LogP contribution in [0, 0.1) is 0 Å². The molecule has 0 bridgehead atoms. The van der Waals surface area contributed by atoms with Gasteiger partial charge in [0.2, 0.25) is 0 Å². The van der Waals surface area contributed by atoms with E-state index in [1.54, 1.807) is 0 Å². The molecule has 0 fully saturated rings. The molecule has 0 atom stereocenters. The van der Waals surface area contributed by atoms with Crippen LogP contribution in [-0.2, 0) is 0 Å². The molecule has 0 radical (unpaired) electrons. The molecule has 1 N–H and O–H groups in total. The zero-order valence-electron chi connectivity index (χ0n) is 10.5. The molecule has 2 aromatic rings. The van der Waals surface area contributed by atoms with Gasteiger partial charge in [0.25, 0.3) is 0 Å². The summed E-state index contributed by atoms with van der Waals surface area (Å²) in [6.45, 7) is 0. The van der Waals surface area contributed by atoms with Gasteiger partial charge in [-0.2, -0.15) is 0 Å². The van der Waals surface area contributed by atoms with Crippen molar-refractivity contribution in [3.8, 4) is 17.1 Å². The molecule has 0 amide bonds. The van der Waals surface area contributed by atoms with Crippen LogP contribution in [0.15, 0.2) is 33.2 Å². The minimum absolute atomic E-state index is 0.121. The number of hydrogen-bond donors (Lipinski definition) is 1. The molecule has 0 spiro atoms. The summed E-state index contributed by atoms with van der Waals surface area (Å²) < 4.78 is 46.2. The minimum Gasteiger partial charge on any atom is -0.478 e. The Balaban J connectivity index is 2.65. The fourth-order valence-corrected chi connectivity index (χ4v) is 2.22. The largest absolute Gasteiger partial charge is 0.573 e. The number of rotatable bonds is 4. The fourth-order valence-electron chi connectivity index (χ4n) is 1.68. The lowest BCUT2D eigenvalue weighted by Gasteiger charge is -2.14. The van der Waals surface area contributed by atoms with Crippen molar-refractivity contribution in [2.24, 2.45) is 0 Å². The van der Waals surface area contributed by atoms with Crippen molar-refractivity contribution in [1.82, 2.24) is 0 Å². The third-order valence-electron chi connectivity index (χ3n) is 2.52. The Morgan fingerprint density at radius 2 is 2.00 bits per heavy atom. The predicted molar refractivity (Wildman–Crippen MR) is 70.9 cm³/mol. The number of ether oxygens (including phenoxy) is 1. The van der Waals surface area contributed by atoms with Gasteiger partial charge in [-0.15, -0.1) is 13.2 Å². The summed E-state index contributed by atoms with van der Waals surface area (Å²) in [6, 6.07) is 4.40. The van der Waals surface area contributed by atoms with Crippen LogP contribution in [0.4, 0.5) is 13.2 Å². The van der Waals surface area contributed by atoms with Crippen LogP contribution in [0.2, 0.25) is 0 Å². The van der Waals surface area contributed by atoms with Gasteiger partial charge in [-0.3, -0.25) is 4.79 Å². The first-order valence-corrected chi connectivity index (χ1v) is 6.38. The van der Waals surface area contributed by atoms with Gasteiger partial charge in [-0.25, -0.2) is 4.79 Å². The van der Waals surface area contributed by atoms with E-state index in [4.69, 9.17) is 9.52 Å². The average molecular weight is 379 g/mol. The Morgan fingerprint density at radius 1 is 1.32 bits per heavy atom. The summed E-state index contributed by atoms with van der Waals surface area (Å²) in [4.78, 5) is 21.6. The highest BCUT2D eigenvalue weighted by Gasteiger charge is 2.34. The molecule has 0 unspecified atom stereocenters. The first-order chi connectivity index (χ1) is 10.2. The Hall–Kier alpha value is -2.29. The number of benzene rings is 1. The van der Waals surface area contributed by atoms with E-state index in [0.717, 1.165) is 12.1 Å². The monoisotopic (exact) mass is 378 g/mol. The molecule has 1 heterocycles. The summed E-state index contributed by atoms with van der Waals surface area (Å²) in [7, 11) is 0. The molecule has 1 aromatic carbocycles. The number of aldehydes is 1. The maximum atomic E-state index is 12.5. The summed E-state index contributed by atoms with van der Waals surface area (Å²) in [5, 5.41) is 8.98. The van der Waals surface area contributed by atoms with E-state index < -0.39 is 18.1 Å². The summed E-state index contributed by atoms with van der Waals surface area (Å²) in [5.41, 5.74) is -0.530. The van der Waals surface area contributed by atoms with Crippen molar-refractivity contribution in [2.45, 2.75) is 6.36 Å². The van der Waals surface area contributed by atoms with Crippen LogP contribution < -0.4 is 4.74 Å². The third-order valence-corrected chi connectivity index (χ3v) is 3.11. The van der Waals surface area contributed by atoms with E-state index >= 15 is 0 Å². The van der Waals surface area contributed by atoms with E-state index in [2.05, 4.69) is 20.7 Å². The molecular weight excluding hydrogens is 373 g/mol. The smallest absolute Gasteiger partial charge is 0.478 e. The predicted octanol–water partition coefficient (Wildman–Crippen LogP) is 4.12. The minimum atomic E-state index is -4.98. The standard InChI is InChI=1S/C13H6BrF3O5/c14-9-4-6(12(19)20)3-8(11(9)22-13(15,16)17)10-2-1-7(5-18)21-10/h1-5H,(H,19,20). The number of hydrogen-bond acceptors (Lipinski definition) is 4. The molecule has 22 heavy (non-hydrogen) atoms. The van der Waals surface area contributed by atoms with Crippen LogP contribution in [0.1, 0.15) is 20.9 Å². The number of furan rings is 1. The number of aromatic carboxylic acids is 1. The summed E-state index contributed by atoms with van der Waals surface area (Å²) in [6.07, 6.45) is -4.62. The number of alkyl halides is 3. The number of halogens is 4. The van der Waals surface area contributed by atoms with Gasteiger partial charge < -0.3 is 14.3 Å².